The van der Waals surface area contributed by atoms with Crippen LogP contribution >= 0.6 is 12.4 Å². The van der Waals surface area contributed by atoms with Crippen LogP contribution in [-0.2, 0) is 22.4 Å². The summed E-state index contributed by atoms with van der Waals surface area (Å²) < 4.78 is 0. The maximum atomic E-state index is 12.2. The molecule has 1 fully saturated rings. The van der Waals surface area contributed by atoms with E-state index >= 15 is 0 Å². The van der Waals surface area contributed by atoms with Crippen LogP contribution in [0.3, 0.4) is 0 Å². The van der Waals surface area contributed by atoms with Crippen LogP contribution in [0.15, 0.2) is 48.5 Å². The van der Waals surface area contributed by atoms with Gasteiger partial charge in [-0.05, 0) is 30.4 Å². The van der Waals surface area contributed by atoms with Crippen LogP contribution < -0.4 is 11.5 Å². The van der Waals surface area contributed by atoms with Gasteiger partial charge in [-0.1, -0.05) is 24.3 Å². The lowest BCUT2D eigenvalue weighted by Gasteiger charge is -2.27. The Kier molecular flexibility index (Phi) is 9.04. The lowest BCUT2D eigenvalue weighted by atomic mass is 9.86. The Hall–Kier alpha value is -3.57. The van der Waals surface area contributed by atoms with Crippen molar-refractivity contribution in [3.63, 3.8) is 0 Å². The number of amides is 2. The molecule has 34 heavy (non-hydrogen) atoms. The third-order valence-electron chi connectivity index (χ3n) is 6.15. The van der Waals surface area contributed by atoms with Gasteiger partial charge in [0.05, 0.1) is 21.7 Å². The lowest BCUT2D eigenvalue weighted by molar-refractivity contribution is -0.385. The van der Waals surface area contributed by atoms with E-state index in [1.54, 1.807) is 24.3 Å². The van der Waals surface area contributed by atoms with Gasteiger partial charge in [-0.15, -0.1) is 12.4 Å². The Morgan fingerprint density at radius 3 is 1.74 bits per heavy atom. The summed E-state index contributed by atoms with van der Waals surface area (Å²) in [6, 6.07) is 12.1. The normalized spacial score (nSPS) is 19.8. The molecule has 1 saturated heterocycles. The van der Waals surface area contributed by atoms with Gasteiger partial charge in [-0.2, -0.15) is 0 Å². The quantitative estimate of drug-likeness (QED) is 0.377. The van der Waals surface area contributed by atoms with Gasteiger partial charge in [0.15, 0.2) is 0 Å². The molecule has 1 heterocycles. The van der Waals surface area contributed by atoms with E-state index < -0.39 is 33.5 Å². The molecule has 3 unspecified atom stereocenters. The summed E-state index contributed by atoms with van der Waals surface area (Å²) in [5.41, 5.74) is 12.9. The third kappa shape index (κ3) is 6.27. The van der Waals surface area contributed by atoms with Crippen LogP contribution in [0.5, 0.6) is 0 Å². The molecule has 182 valence electrons. The summed E-state index contributed by atoms with van der Waals surface area (Å²) in [6.07, 6.45) is 1.60. The van der Waals surface area contributed by atoms with Crippen molar-refractivity contribution in [3.05, 3.63) is 79.9 Å². The van der Waals surface area contributed by atoms with Crippen LogP contribution in [-0.4, -0.2) is 45.7 Å². The molecule has 12 heteroatoms. The van der Waals surface area contributed by atoms with Gasteiger partial charge >= 0.3 is 0 Å². The Morgan fingerprint density at radius 1 is 0.853 bits per heavy atom. The minimum absolute atomic E-state index is 0. The van der Waals surface area contributed by atoms with Crippen molar-refractivity contribution in [2.45, 2.75) is 25.3 Å². The highest BCUT2D eigenvalue weighted by molar-refractivity contribution is 5.87. The summed E-state index contributed by atoms with van der Waals surface area (Å²) in [7, 11) is 0. The Balaban J connectivity index is 0.00000408. The SMILES string of the molecule is Cl.NC(=O)C1CN(CCc2ccc([N+](=O)[O-])cc2)C(CCc2ccc([N+](=O)[O-])cc2)C1C(N)=O. The van der Waals surface area contributed by atoms with Crippen molar-refractivity contribution in [1.29, 1.82) is 0 Å². The van der Waals surface area contributed by atoms with Gasteiger partial charge in [0.1, 0.15) is 0 Å². The number of nitrogens with zero attached hydrogens (tertiary/aromatic N) is 3. The molecule has 2 aromatic rings. The zero-order chi connectivity index (χ0) is 24.1. The number of nitro groups is 2. The van der Waals surface area contributed by atoms with Crippen molar-refractivity contribution in [2.24, 2.45) is 23.3 Å². The molecule has 0 spiro atoms. The first kappa shape index (κ1) is 26.7. The first-order valence-electron chi connectivity index (χ1n) is 10.5. The maximum absolute atomic E-state index is 12.2. The molecule has 2 aromatic carbocycles. The van der Waals surface area contributed by atoms with Gasteiger partial charge in [0, 0.05) is 43.4 Å². The molecular formula is C22H26ClN5O6. The zero-order valence-electron chi connectivity index (χ0n) is 18.2. The predicted octanol–water partition coefficient (Wildman–Crippen LogP) is 1.99. The van der Waals surface area contributed by atoms with E-state index in [4.69, 9.17) is 11.5 Å². The average Bonchev–Trinajstić information content (AvgIpc) is 3.16. The van der Waals surface area contributed by atoms with E-state index in [1.807, 2.05) is 4.90 Å². The fourth-order valence-electron chi connectivity index (χ4n) is 4.43. The second-order valence-electron chi connectivity index (χ2n) is 8.14. The number of halogens is 1. The number of primary amides is 2. The Bertz CT molecular complexity index is 1050. The smallest absolute Gasteiger partial charge is 0.269 e. The summed E-state index contributed by atoms with van der Waals surface area (Å²) >= 11 is 0. The molecule has 2 amide bonds. The molecule has 0 aromatic heterocycles. The molecule has 1 aliphatic heterocycles. The molecule has 4 N–H and O–H groups in total. The molecular weight excluding hydrogens is 466 g/mol. The number of carbonyl (C=O) groups is 2. The number of nitro benzene ring substituents is 2. The van der Waals surface area contributed by atoms with E-state index in [0.29, 0.717) is 32.4 Å². The van der Waals surface area contributed by atoms with E-state index in [1.165, 1.54) is 24.3 Å². The fraction of sp³-hybridized carbons (Fsp3) is 0.364. The molecule has 0 saturated carbocycles. The molecule has 0 aliphatic carbocycles. The number of nitrogens with two attached hydrogens (primary N) is 2. The topological polar surface area (TPSA) is 176 Å². The van der Waals surface area contributed by atoms with Crippen molar-refractivity contribution >= 4 is 35.6 Å². The van der Waals surface area contributed by atoms with Crippen molar-refractivity contribution in [3.8, 4) is 0 Å². The largest absolute Gasteiger partial charge is 0.369 e. The minimum Gasteiger partial charge on any atom is -0.369 e. The highest BCUT2D eigenvalue weighted by Crippen LogP contribution is 2.33. The molecule has 0 bridgehead atoms. The number of hydrogen-bond donors (Lipinski definition) is 2. The van der Waals surface area contributed by atoms with Gasteiger partial charge in [-0.25, -0.2) is 0 Å². The second-order valence-corrected chi connectivity index (χ2v) is 8.14. The number of likely N-dealkylation sites (tertiary alicyclic amines) is 1. The van der Waals surface area contributed by atoms with E-state index in [-0.39, 0.29) is 29.8 Å². The van der Waals surface area contributed by atoms with Gasteiger partial charge in [-0.3, -0.25) is 34.7 Å². The highest BCUT2D eigenvalue weighted by Gasteiger charge is 2.46. The number of carbonyl (C=O) groups excluding carboxylic acids is 2. The van der Waals surface area contributed by atoms with Crippen molar-refractivity contribution in [2.75, 3.05) is 13.1 Å². The maximum Gasteiger partial charge on any atom is 0.269 e. The molecule has 3 atom stereocenters. The summed E-state index contributed by atoms with van der Waals surface area (Å²) in [4.78, 5) is 47.0. The average molecular weight is 492 g/mol. The zero-order valence-corrected chi connectivity index (χ0v) is 19.1. The number of non-ortho nitro benzene ring substituents is 2. The van der Waals surface area contributed by atoms with Crippen LogP contribution in [0.4, 0.5) is 11.4 Å². The van der Waals surface area contributed by atoms with Crippen molar-refractivity contribution in [1.82, 2.24) is 4.90 Å². The van der Waals surface area contributed by atoms with Gasteiger partial charge < -0.3 is 11.5 Å². The fourth-order valence-corrected chi connectivity index (χ4v) is 4.43. The van der Waals surface area contributed by atoms with Crippen LogP contribution in [0.2, 0.25) is 0 Å². The number of aryl methyl sites for hydroxylation is 1. The van der Waals surface area contributed by atoms with E-state index in [2.05, 4.69) is 0 Å². The van der Waals surface area contributed by atoms with Crippen molar-refractivity contribution < 1.29 is 19.4 Å². The summed E-state index contributed by atoms with van der Waals surface area (Å²) in [6.45, 7) is 0.803. The predicted molar refractivity (Wildman–Crippen MR) is 126 cm³/mol. The van der Waals surface area contributed by atoms with Crippen LogP contribution in [0.1, 0.15) is 17.5 Å². The number of rotatable bonds is 10. The van der Waals surface area contributed by atoms with Crippen LogP contribution in [0, 0.1) is 32.1 Å². The molecule has 3 rings (SSSR count). The molecule has 0 radical (unpaired) electrons. The number of benzene rings is 2. The first-order valence-corrected chi connectivity index (χ1v) is 10.5. The minimum atomic E-state index is -0.739. The molecule has 11 nitrogen and oxygen atoms in total. The third-order valence-corrected chi connectivity index (χ3v) is 6.15. The highest BCUT2D eigenvalue weighted by atomic mass is 35.5. The van der Waals surface area contributed by atoms with Crippen LogP contribution in [0.25, 0.3) is 0 Å². The second kappa shape index (κ2) is 11.5. The summed E-state index contributed by atoms with van der Waals surface area (Å²) in [5.74, 6) is -2.62. The first-order chi connectivity index (χ1) is 15.7. The Labute approximate surface area is 201 Å². The standard InChI is InChI=1S/C22H25N5O6.ClH/c23-21(28)18-13-25(12-11-15-3-8-17(9-4-15)27(32)33)19(20(18)22(24)29)10-5-14-1-6-16(7-2-14)26(30)31;/h1-4,6-9,18-20H,5,10-13H2,(H2,23,28)(H2,24,29);1H. The lowest BCUT2D eigenvalue weighted by Crippen LogP contribution is -2.42. The van der Waals surface area contributed by atoms with Gasteiger partial charge in [0.25, 0.3) is 11.4 Å². The van der Waals surface area contributed by atoms with Gasteiger partial charge in [0.2, 0.25) is 11.8 Å². The number of hydrogen-bond acceptors (Lipinski definition) is 7. The van der Waals surface area contributed by atoms with E-state index in [9.17, 15) is 29.8 Å². The monoisotopic (exact) mass is 491 g/mol. The van der Waals surface area contributed by atoms with E-state index in [0.717, 1.165) is 11.1 Å². The summed E-state index contributed by atoms with van der Waals surface area (Å²) in [5, 5.41) is 21.7. The Morgan fingerprint density at radius 2 is 1.32 bits per heavy atom. The molecule has 1 aliphatic rings.